The van der Waals surface area contributed by atoms with Crippen LogP contribution in [-0.2, 0) is 12.0 Å². The van der Waals surface area contributed by atoms with Gasteiger partial charge in [0.15, 0.2) is 11.5 Å². The molecule has 0 saturated carbocycles. The number of rotatable bonds is 12. The zero-order valence-corrected chi connectivity index (χ0v) is 31.6. The summed E-state index contributed by atoms with van der Waals surface area (Å²) in [6.07, 6.45) is 3.65. The second-order valence-electron chi connectivity index (χ2n) is 13.8. The number of para-hydroxylation sites is 2. The number of methoxy groups -OCH3 is 3. The van der Waals surface area contributed by atoms with E-state index in [1.807, 2.05) is 48.2 Å². The molecule has 5 aromatic rings. The Morgan fingerprint density at radius 1 is 0.962 bits per heavy atom. The topological polar surface area (TPSA) is 96.3 Å². The van der Waals surface area contributed by atoms with Crippen molar-refractivity contribution in [3.05, 3.63) is 99.4 Å². The third-order valence-electron chi connectivity index (χ3n) is 10.8. The first-order valence-electron chi connectivity index (χ1n) is 17.7. The number of carbonyl (C=O) groups excluding carboxylic acids is 1. The average Bonchev–Trinajstić information content (AvgIpc) is 3.92. The molecule has 0 spiro atoms. The molecule has 4 heterocycles. The number of carbonyl (C=O) groups is 1. The minimum Gasteiger partial charge on any atom is -0.493 e. The van der Waals surface area contributed by atoms with Crippen molar-refractivity contribution in [3.8, 4) is 17.2 Å². The molecule has 2 aliphatic heterocycles. The second kappa shape index (κ2) is 15.3. The van der Waals surface area contributed by atoms with E-state index in [1.54, 1.807) is 33.5 Å². The number of aromatic amines is 1. The van der Waals surface area contributed by atoms with Crippen LogP contribution in [0.15, 0.2) is 71.1 Å². The number of hydrogen-bond acceptors (Lipinski definition) is 8. The first kappa shape index (κ1) is 36.0. The van der Waals surface area contributed by atoms with E-state index in [1.165, 1.54) is 0 Å². The predicted octanol–water partition coefficient (Wildman–Crippen LogP) is 8.14. The van der Waals surface area contributed by atoms with Crippen molar-refractivity contribution in [1.82, 2.24) is 19.8 Å². The van der Waals surface area contributed by atoms with E-state index in [2.05, 4.69) is 33.0 Å². The van der Waals surface area contributed by atoms with Gasteiger partial charge in [0, 0.05) is 43.2 Å². The molecular weight excluding hydrogens is 701 g/mol. The van der Waals surface area contributed by atoms with Crippen LogP contribution in [0.2, 0.25) is 10.0 Å². The maximum atomic E-state index is 14.0. The van der Waals surface area contributed by atoms with Crippen LogP contribution in [0, 0.1) is 6.92 Å². The number of likely N-dealkylation sites (tertiary alicyclic amines) is 2. The number of nitrogens with zero attached hydrogens (tertiary/aromatic N) is 4. The van der Waals surface area contributed by atoms with E-state index >= 15 is 0 Å². The lowest BCUT2D eigenvalue weighted by molar-refractivity contribution is 0.0779. The lowest BCUT2D eigenvalue weighted by Crippen LogP contribution is -2.46. The Labute approximate surface area is 314 Å². The summed E-state index contributed by atoms with van der Waals surface area (Å²) >= 11 is 13.0. The molecule has 0 aliphatic carbocycles. The third kappa shape index (κ3) is 7.29. The number of aromatic nitrogens is 2. The van der Waals surface area contributed by atoms with Gasteiger partial charge in [0.1, 0.15) is 11.5 Å². The molecule has 12 heteroatoms. The van der Waals surface area contributed by atoms with E-state index in [9.17, 15) is 4.79 Å². The smallest absolute Gasteiger partial charge is 0.254 e. The largest absolute Gasteiger partial charge is 0.493 e. The molecule has 1 N–H and O–H groups in total. The second-order valence-corrected chi connectivity index (χ2v) is 14.7. The number of furan rings is 1. The summed E-state index contributed by atoms with van der Waals surface area (Å²) in [5.74, 6) is 3.96. The molecule has 274 valence electrons. The Kier molecular flexibility index (Phi) is 10.6. The number of fused-ring (bicyclic) bond motifs is 1. The molecule has 2 aromatic heterocycles. The number of ether oxygens (including phenoxy) is 3. The van der Waals surface area contributed by atoms with Gasteiger partial charge in [-0.15, -0.1) is 0 Å². The lowest BCUT2D eigenvalue weighted by atomic mass is 9.76. The van der Waals surface area contributed by atoms with E-state index in [4.69, 9.17) is 46.8 Å². The van der Waals surface area contributed by atoms with E-state index in [-0.39, 0.29) is 11.3 Å². The molecule has 3 aromatic carbocycles. The molecule has 52 heavy (non-hydrogen) atoms. The number of anilines is 1. The maximum Gasteiger partial charge on any atom is 0.254 e. The Balaban J connectivity index is 1.07. The summed E-state index contributed by atoms with van der Waals surface area (Å²) in [5, 5.41) is 1.04. The van der Waals surface area contributed by atoms with Crippen LogP contribution in [0.1, 0.15) is 53.1 Å². The minimum absolute atomic E-state index is 0.0839. The summed E-state index contributed by atoms with van der Waals surface area (Å²) < 4.78 is 22.6. The standard InChI is InChI=1S/C40H45Cl2N5O5/c1-26-9-11-30(52-26)24-47(39-43-33-7-5-6-8-34(33)44-39)29-13-17-45(18-14-29)19-15-40(28-10-12-31(41)32(42)23-28)16-20-46(25-40)38(48)27-21-35(49-2)37(51-4)36(22-27)50-3/h5-12,21-23,29H,13-20,24-25H2,1-4H3,(H,43,44). The monoisotopic (exact) mass is 745 g/mol. The van der Waals surface area contributed by atoms with Gasteiger partial charge < -0.3 is 38.3 Å². The summed E-state index contributed by atoms with van der Waals surface area (Å²) in [7, 11) is 4.65. The van der Waals surface area contributed by atoms with Gasteiger partial charge >= 0.3 is 0 Å². The highest BCUT2D eigenvalue weighted by Crippen LogP contribution is 2.43. The first-order valence-corrected chi connectivity index (χ1v) is 18.5. The van der Waals surface area contributed by atoms with Gasteiger partial charge in [-0.25, -0.2) is 4.98 Å². The fraction of sp³-hybridized carbons (Fsp3) is 0.400. The molecule has 1 atom stereocenters. The highest BCUT2D eigenvalue weighted by molar-refractivity contribution is 6.42. The predicted molar refractivity (Wildman–Crippen MR) is 205 cm³/mol. The van der Waals surface area contributed by atoms with Crippen LogP contribution >= 0.6 is 23.2 Å². The highest BCUT2D eigenvalue weighted by Gasteiger charge is 2.42. The highest BCUT2D eigenvalue weighted by atomic mass is 35.5. The van der Waals surface area contributed by atoms with Crippen molar-refractivity contribution in [2.75, 3.05) is 59.0 Å². The number of benzene rings is 3. The van der Waals surface area contributed by atoms with Crippen molar-refractivity contribution in [1.29, 1.82) is 0 Å². The van der Waals surface area contributed by atoms with E-state index in [0.29, 0.717) is 58.5 Å². The van der Waals surface area contributed by atoms with E-state index in [0.717, 1.165) is 79.4 Å². The third-order valence-corrected chi connectivity index (χ3v) is 11.5. The van der Waals surface area contributed by atoms with Crippen molar-refractivity contribution >= 4 is 46.1 Å². The number of hydrogen-bond donors (Lipinski definition) is 1. The Bertz CT molecular complexity index is 1980. The van der Waals surface area contributed by atoms with Gasteiger partial charge in [-0.3, -0.25) is 4.79 Å². The fourth-order valence-corrected chi connectivity index (χ4v) is 8.16. The minimum atomic E-state index is -0.293. The van der Waals surface area contributed by atoms with Crippen molar-refractivity contribution in [2.24, 2.45) is 0 Å². The lowest BCUT2D eigenvalue weighted by Gasteiger charge is -2.39. The Morgan fingerprint density at radius 2 is 1.71 bits per heavy atom. The van der Waals surface area contributed by atoms with Crippen LogP contribution < -0.4 is 19.1 Å². The van der Waals surface area contributed by atoms with Crippen LogP contribution in [-0.4, -0.2) is 85.8 Å². The van der Waals surface area contributed by atoms with Gasteiger partial charge in [-0.2, -0.15) is 0 Å². The molecule has 2 saturated heterocycles. The number of H-pyrrole nitrogens is 1. The molecule has 7 rings (SSSR count). The zero-order valence-electron chi connectivity index (χ0n) is 30.1. The normalized spacial score (nSPS) is 18.2. The van der Waals surface area contributed by atoms with Crippen molar-refractivity contribution < 1.29 is 23.4 Å². The summed E-state index contributed by atoms with van der Waals surface area (Å²) in [6.45, 7) is 6.57. The van der Waals surface area contributed by atoms with Crippen LogP contribution in [0.4, 0.5) is 5.95 Å². The van der Waals surface area contributed by atoms with Crippen LogP contribution in [0.3, 0.4) is 0 Å². The molecule has 2 fully saturated rings. The van der Waals surface area contributed by atoms with E-state index < -0.39 is 0 Å². The molecule has 0 bridgehead atoms. The van der Waals surface area contributed by atoms with Gasteiger partial charge in [0.2, 0.25) is 11.7 Å². The van der Waals surface area contributed by atoms with Crippen molar-refractivity contribution in [3.63, 3.8) is 0 Å². The maximum absolute atomic E-state index is 14.0. The Morgan fingerprint density at radius 3 is 2.37 bits per heavy atom. The molecule has 10 nitrogen and oxygen atoms in total. The SMILES string of the molecule is COc1cc(C(=O)N2CCC(CCN3CCC(N(Cc4ccc(C)o4)c4nc5ccccc5[nH]4)CC3)(c3ccc(Cl)c(Cl)c3)C2)cc(OC)c1OC. The molecular formula is C40H45Cl2N5O5. The number of amides is 1. The van der Waals surface area contributed by atoms with Crippen LogP contribution in [0.25, 0.3) is 11.0 Å². The number of imidazole rings is 1. The van der Waals surface area contributed by atoms with Crippen LogP contribution in [0.5, 0.6) is 17.2 Å². The Hall–Kier alpha value is -4.38. The molecule has 2 aliphatic rings. The fourth-order valence-electron chi connectivity index (χ4n) is 7.86. The number of nitrogens with one attached hydrogen (secondary N) is 1. The summed E-state index contributed by atoms with van der Waals surface area (Å²) in [5.41, 5.74) is 3.27. The van der Waals surface area contributed by atoms with Gasteiger partial charge in [-0.05, 0) is 93.2 Å². The number of halogens is 2. The molecule has 0 radical (unpaired) electrons. The quantitative estimate of drug-likeness (QED) is 0.137. The summed E-state index contributed by atoms with van der Waals surface area (Å²) in [6, 6.07) is 21.9. The van der Waals surface area contributed by atoms with Crippen molar-refractivity contribution in [2.45, 2.75) is 50.6 Å². The zero-order chi connectivity index (χ0) is 36.4. The van der Waals surface area contributed by atoms with Gasteiger partial charge in [0.25, 0.3) is 5.91 Å². The first-order chi connectivity index (χ1) is 25.2. The van der Waals surface area contributed by atoms with Gasteiger partial charge in [0.05, 0.1) is 49.0 Å². The van der Waals surface area contributed by atoms with Gasteiger partial charge in [-0.1, -0.05) is 41.4 Å². The number of aryl methyl sites for hydroxylation is 1. The summed E-state index contributed by atoms with van der Waals surface area (Å²) in [4.78, 5) is 29.4. The number of piperidine rings is 1. The molecule has 1 amide bonds. The molecule has 1 unspecified atom stereocenters. The average molecular weight is 747 g/mol.